The van der Waals surface area contributed by atoms with Gasteiger partial charge in [0.15, 0.2) is 0 Å². The summed E-state index contributed by atoms with van der Waals surface area (Å²) in [6.07, 6.45) is -0.466. The van der Waals surface area contributed by atoms with Crippen LogP contribution in [-0.2, 0) is 0 Å². The van der Waals surface area contributed by atoms with Crippen LogP contribution in [0.5, 0.6) is 0 Å². The molecule has 2 fully saturated rings. The Labute approximate surface area is 111 Å². The summed E-state index contributed by atoms with van der Waals surface area (Å²) in [5.74, 6) is 1.13. The summed E-state index contributed by atoms with van der Waals surface area (Å²) in [5, 5.41) is 11.5. The molecule has 0 bridgehead atoms. The highest BCUT2D eigenvalue weighted by Gasteiger charge is 2.37. The van der Waals surface area contributed by atoms with E-state index in [1.807, 2.05) is 16.7 Å². The number of hydrogen-bond donors (Lipinski definition) is 2. The molecule has 1 N–H and O–H groups in total. The van der Waals surface area contributed by atoms with Crippen molar-refractivity contribution in [2.45, 2.75) is 24.8 Å². The van der Waals surface area contributed by atoms with E-state index >= 15 is 0 Å². The van der Waals surface area contributed by atoms with E-state index in [1.165, 1.54) is 5.03 Å². The van der Waals surface area contributed by atoms with Crippen molar-refractivity contribution in [3.63, 3.8) is 0 Å². The number of aliphatic hydroxyl groups excluding tert-OH is 1. The highest BCUT2D eigenvalue weighted by Crippen LogP contribution is 2.45. The minimum absolute atomic E-state index is 0.0856. The van der Waals surface area contributed by atoms with Crippen LogP contribution in [0, 0.1) is 0 Å². The standard InChI is InChI=1S/C10H18N2OS3/c1-3-11-5-6-15-9(11)7-8(13)12(4-2)10(14)16-7/h8,10,13-14H,3-6H2,1-2H3/b9-7+. The first-order valence-electron chi connectivity index (χ1n) is 5.59. The summed E-state index contributed by atoms with van der Waals surface area (Å²) in [5.41, 5.74) is 0. The molecule has 2 atom stereocenters. The van der Waals surface area contributed by atoms with Crippen molar-refractivity contribution in [3.05, 3.63) is 9.93 Å². The van der Waals surface area contributed by atoms with Crippen LogP contribution in [0.25, 0.3) is 0 Å². The molecule has 2 heterocycles. The topological polar surface area (TPSA) is 26.7 Å². The van der Waals surface area contributed by atoms with Crippen LogP contribution in [0.4, 0.5) is 0 Å². The molecule has 0 spiro atoms. The molecule has 0 saturated carbocycles. The molecule has 0 aromatic heterocycles. The van der Waals surface area contributed by atoms with E-state index in [9.17, 15) is 5.11 Å². The molecule has 16 heavy (non-hydrogen) atoms. The Kier molecular flexibility index (Phi) is 4.40. The third kappa shape index (κ3) is 2.22. The first kappa shape index (κ1) is 13.0. The molecular formula is C10H18N2OS3. The van der Waals surface area contributed by atoms with E-state index in [0.717, 1.165) is 30.3 Å². The zero-order valence-electron chi connectivity index (χ0n) is 9.59. The molecule has 0 aliphatic carbocycles. The van der Waals surface area contributed by atoms with Crippen molar-refractivity contribution in [2.75, 3.05) is 25.4 Å². The Morgan fingerprint density at radius 3 is 2.75 bits per heavy atom. The third-order valence-electron chi connectivity index (χ3n) is 2.91. The molecule has 2 unspecified atom stereocenters. The van der Waals surface area contributed by atoms with Crippen molar-refractivity contribution < 1.29 is 5.11 Å². The van der Waals surface area contributed by atoms with Gasteiger partial charge in [0.05, 0.1) is 9.93 Å². The predicted molar refractivity (Wildman–Crippen MR) is 75.5 cm³/mol. The largest absolute Gasteiger partial charge is 0.373 e. The lowest BCUT2D eigenvalue weighted by Gasteiger charge is -2.22. The lowest BCUT2D eigenvalue weighted by molar-refractivity contribution is 0.0598. The van der Waals surface area contributed by atoms with Gasteiger partial charge in [-0.1, -0.05) is 18.7 Å². The Hall–Kier alpha value is 0.510. The Morgan fingerprint density at radius 1 is 1.44 bits per heavy atom. The number of hydrogen-bond acceptors (Lipinski definition) is 6. The third-order valence-corrected chi connectivity index (χ3v) is 5.93. The Bertz CT molecular complexity index is 298. The maximum Gasteiger partial charge on any atom is 0.143 e. The second-order valence-corrected chi connectivity index (χ2v) is 6.79. The van der Waals surface area contributed by atoms with Crippen molar-refractivity contribution >= 4 is 36.2 Å². The minimum Gasteiger partial charge on any atom is -0.373 e. The summed E-state index contributed by atoms with van der Waals surface area (Å²) < 4.78 is 0.0856. The van der Waals surface area contributed by atoms with Gasteiger partial charge in [-0.3, -0.25) is 4.90 Å². The van der Waals surface area contributed by atoms with Gasteiger partial charge in [-0.15, -0.1) is 24.4 Å². The minimum atomic E-state index is -0.466. The first-order chi connectivity index (χ1) is 7.69. The molecule has 0 aromatic rings. The van der Waals surface area contributed by atoms with Crippen molar-refractivity contribution in [2.24, 2.45) is 0 Å². The zero-order chi connectivity index (χ0) is 11.7. The van der Waals surface area contributed by atoms with Gasteiger partial charge in [0.2, 0.25) is 0 Å². The highest BCUT2D eigenvalue weighted by molar-refractivity contribution is 8.14. The van der Waals surface area contributed by atoms with Crippen LogP contribution in [0.1, 0.15) is 13.8 Å². The number of nitrogens with zero attached hydrogens (tertiary/aromatic N) is 2. The fraction of sp³-hybridized carbons (Fsp3) is 0.800. The van der Waals surface area contributed by atoms with Gasteiger partial charge in [0, 0.05) is 18.8 Å². The molecule has 92 valence electrons. The van der Waals surface area contributed by atoms with E-state index < -0.39 is 6.23 Å². The molecule has 2 aliphatic rings. The molecule has 2 aliphatic heterocycles. The molecule has 0 aromatic carbocycles. The van der Waals surface area contributed by atoms with Gasteiger partial charge in [-0.25, -0.2) is 0 Å². The highest BCUT2D eigenvalue weighted by atomic mass is 32.2. The summed E-state index contributed by atoms with van der Waals surface area (Å²) in [6, 6.07) is 0. The van der Waals surface area contributed by atoms with E-state index in [4.69, 9.17) is 0 Å². The smallest absolute Gasteiger partial charge is 0.143 e. The normalized spacial score (nSPS) is 36.4. The number of thiol groups is 1. The summed E-state index contributed by atoms with van der Waals surface area (Å²) in [6.45, 7) is 7.16. The van der Waals surface area contributed by atoms with Crippen molar-refractivity contribution in [3.8, 4) is 0 Å². The van der Waals surface area contributed by atoms with Gasteiger partial charge >= 0.3 is 0 Å². The molecule has 2 saturated heterocycles. The fourth-order valence-electron chi connectivity index (χ4n) is 1.98. The second-order valence-electron chi connectivity index (χ2n) is 3.75. The van der Waals surface area contributed by atoms with Crippen molar-refractivity contribution in [1.29, 1.82) is 0 Å². The molecular weight excluding hydrogens is 260 g/mol. The average Bonchev–Trinajstić information content (AvgIpc) is 2.83. The molecule has 3 nitrogen and oxygen atoms in total. The predicted octanol–water partition coefficient (Wildman–Crippen LogP) is 1.82. The molecule has 2 rings (SSSR count). The maximum atomic E-state index is 10.3. The van der Waals surface area contributed by atoms with Gasteiger partial charge in [0.25, 0.3) is 0 Å². The Balaban J connectivity index is 2.24. The SMILES string of the molecule is CCN1CCS/C1=C1/SC(S)N(CC)C1O. The Morgan fingerprint density at radius 2 is 2.19 bits per heavy atom. The van der Waals surface area contributed by atoms with Gasteiger partial charge in [0.1, 0.15) is 10.9 Å². The van der Waals surface area contributed by atoms with Gasteiger partial charge in [-0.2, -0.15) is 0 Å². The number of rotatable bonds is 2. The first-order valence-corrected chi connectivity index (χ1v) is 7.97. The number of thioether (sulfide) groups is 2. The van der Waals surface area contributed by atoms with Gasteiger partial charge in [-0.05, 0) is 13.5 Å². The zero-order valence-corrected chi connectivity index (χ0v) is 12.1. The summed E-state index contributed by atoms with van der Waals surface area (Å²) in [4.78, 5) is 5.44. The number of aliphatic hydroxyl groups is 1. The molecule has 6 heteroatoms. The van der Waals surface area contributed by atoms with E-state index in [-0.39, 0.29) is 4.71 Å². The summed E-state index contributed by atoms with van der Waals surface area (Å²) >= 11 is 8.04. The van der Waals surface area contributed by atoms with E-state index in [2.05, 4.69) is 31.4 Å². The van der Waals surface area contributed by atoms with E-state index in [0.29, 0.717) is 0 Å². The van der Waals surface area contributed by atoms with Gasteiger partial charge < -0.3 is 10.0 Å². The fourth-order valence-corrected chi connectivity index (χ4v) is 5.20. The molecule has 0 amide bonds. The van der Waals surface area contributed by atoms with Crippen LogP contribution in [0.2, 0.25) is 0 Å². The van der Waals surface area contributed by atoms with Crippen molar-refractivity contribution in [1.82, 2.24) is 9.80 Å². The lowest BCUT2D eigenvalue weighted by atomic mass is 10.4. The lowest BCUT2D eigenvalue weighted by Crippen LogP contribution is -2.33. The summed E-state index contributed by atoms with van der Waals surface area (Å²) in [7, 11) is 0. The number of likely N-dealkylation sites (N-methyl/N-ethyl adjacent to an activating group) is 1. The monoisotopic (exact) mass is 278 g/mol. The van der Waals surface area contributed by atoms with E-state index in [1.54, 1.807) is 11.8 Å². The maximum absolute atomic E-state index is 10.3. The second kappa shape index (κ2) is 5.44. The van der Waals surface area contributed by atoms with Crippen LogP contribution in [0.15, 0.2) is 9.93 Å². The van der Waals surface area contributed by atoms with Crippen LogP contribution in [-0.4, -0.2) is 51.2 Å². The quantitative estimate of drug-likeness (QED) is 0.752. The van der Waals surface area contributed by atoms with Crippen LogP contribution >= 0.6 is 36.2 Å². The van der Waals surface area contributed by atoms with Crippen LogP contribution < -0.4 is 0 Å². The average molecular weight is 278 g/mol. The molecule has 0 radical (unpaired) electrons. The van der Waals surface area contributed by atoms with Crippen LogP contribution in [0.3, 0.4) is 0 Å².